The Morgan fingerprint density at radius 1 is 1.38 bits per heavy atom. The van der Waals surface area contributed by atoms with Crippen molar-refractivity contribution in [3.05, 3.63) is 16.6 Å². The van der Waals surface area contributed by atoms with E-state index in [1.165, 1.54) is 30.6 Å². The third-order valence-electron chi connectivity index (χ3n) is 3.56. The molecule has 1 fully saturated rings. The molecular weight excluding hydrogens is 218 g/mol. The van der Waals surface area contributed by atoms with Crippen LogP contribution in [0.15, 0.2) is 11.7 Å². The van der Waals surface area contributed by atoms with Gasteiger partial charge in [-0.25, -0.2) is 0 Å². The maximum Gasteiger partial charge on any atom is 0.0794 e. The summed E-state index contributed by atoms with van der Waals surface area (Å²) in [4.78, 5) is 5.40. The van der Waals surface area contributed by atoms with Crippen LogP contribution in [0.5, 0.6) is 0 Å². The van der Waals surface area contributed by atoms with Gasteiger partial charge in [0.2, 0.25) is 0 Å². The molecular formula is C12H21N3S. The average Bonchev–Trinajstić information content (AvgIpc) is 2.83. The van der Waals surface area contributed by atoms with Gasteiger partial charge in [-0.1, -0.05) is 12.8 Å². The van der Waals surface area contributed by atoms with E-state index in [0.29, 0.717) is 0 Å². The van der Waals surface area contributed by atoms with Crippen molar-refractivity contribution in [1.29, 1.82) is 0 Å². The van der Waals surface area contributed by atoms with Crippen molar-refractivity contribution in [2.24, 2.45) is 17.6 Å². The highest BCUT2D eigenvalue weighted by Gasteiger charge is 2.23. The topological polar surface area (TPSA) is 50.9 Å². The molecule has 1 aliphatic carbocycles. The van der Waals surface area contributed by atoms with Crippen LogP contribution in [0, 0.1) is 11.8 Å². The molecule has 2 atom stereocenters. The minimum atomic E-state index is 0.739. The van der Waals surface area contributed by atoms with Crippen LogP contribution in [-0.2, 0) is 6.54 Å². The zero-order valence-corrected chi connectivity index (χ0v) is 10.5. The van der Waals surface area contributed by atoms with Crippen molar-refractivity contribution in [2.75, 3.05) is 13.1 Å². The van der Waals surface area contributed by atoms with Crippen LogP contribution in [0.2, 0.25) is 0 Å². The van der Waals surface area contributed by atoms with Crippen LogP contribution >= 0.6 is 11.3 Å². The van der Waals surface area contributed by atoms with E-state index in [2.05, 4.69) is 10.3 Å². The van der Waals surface area contributed by atoms with E-state index in [1.54, 1.807) is 11.3 Å². The molecule has 0 radical (unpaired) electrons. The largest absolute Gasteiger partial charge is 0.330 e. The molecule has 3 nitrogen and oxygen atoms in total. The van der Waals surface area contributed by atoms with E-state index in [1.807, 2.05) is 11.7 Å². The lowest BCUT2D eigenvalue weighted by Gasteiger charge is -2.30. The lowest BCUT2D eigenvalue weighted by Crippen LogP contribution is -2.34. The number of nitrogens with two attached hydrogens (primary N) is 1. The molecule has 2 rings (SSSR count). The average molecular weight is 239 g/mol. The van der Waals surface area contributed by atoms with Gasteiger partial charge in [0.15, 0.2) is 0 Å². The van der Waals surface area contributed by atoms with Crippen molar-refractivity contribution < 1.29 is 0 Å². The SMILES string of the molecule is NCC1CCCCC1CNCc1cncs1. The van der Waals surface area contributed by atoms with Crippen LogP contribution < -0.4 is 11.1 Å². The van der Waals surface area contributed by atoms with E-state index < -0.39 is 0 Å². The number of nitrogens with one attached hydrogen (secondary N) is 1. The highest BCUT2D eigenvalue weighted by Crippen LogP contribution is 2.28. The molecule has 90 valence electrons. The summed E-state index contributed by atoms with van der Waals surface area (Å²) in [6, 6.07) is 0. The molecule has 0 aliphatic heterocycles. The van der Waals surface area contributed by atoms with E-state index in [0.717, 1.165) is 31.5 Å². The zero-order chi connectivity index (χ0) is 11.2. The van der Waals surface area contributed by atoms with E-state index in [4.69, 9.17) is 5.73 Å². The third-order valence-corrected chi connectivity index (χ3v) is 4.34. The number of hydrogen-bond donors (Lipinski definition) is 2. The molecule has 1 aromatic rings. The molecule has 4 heteroatoms. The van der Waals surface area contributed by atoms with E-state index in [9.17, 15) is 0 Å². The lowest BCUT2D eigenvalue weighted by atomic mass is 9.79. The Morgan fingerprint density at radius 2 is 2.19 bits per heavy atom. The lowest BCUT2D eigenvalue weighted by molar-refractivity contribution is 0.236. The molecule has 0 bridgehead atoms. The normalized spacial score (nSPS) is 25.8. The Labute approximate surface area is 101 Å². The summed E-state index contributed by atoms with van der Waals surface area (Å²) in [5, 5.41) is 3.54. The Hall–Kier alpha value is -0.450. The molecule has 1 heterocycles. The maximum atomic E-state index is 5.82. The molecule has 0 aromatic carbocycles. The fourth-order valence-electron chi connectivity index (χ4n) is 2.57. The highest BCUT2D eigenvalue weighted by molar-refractivity contribution is 7.09. The van der Waals surface area contributed by atoms with Gasteiger partial charge in [-0.15, -0.1) is 11.3 Å². The number of rotatable bonds is 5. The standard InChI is InChI=1S/C12H21N3S/c13-5-10-3-1-2-4-11(10)6-14-7-12-8-15-9-16-12/h8-11,14H,1-7,13H2. The van der Waals surface area contributed by atoms with Crippen molar-refractivity contribution in [3.8, 4) is 0 Å². The Balaban J connectivity index is 1.71. The van der Waals surface area contributed by atoms with Crippen LogP contribution in [0.4, 0.5) is 0 Å². The van der Waals surface area contributed by atoms with Gasteiger partial charge in [-0.3, -0.25) is 4.98 Å². The second kappa shape index (κ2) is 6.33. The molecule has 1 aliphatic rings. The zero-order valence-electron chi connectivity index (χ0n) is 9.69. The highest BCUT2D eigenvalue weighted by atomic mass is 32.1. The summed E-state index contributed by atoms with van der Waals surface area (Å²) < 4.78 is 0. The first-order valence-electron chi connectivity index (χ1n) is 6.18. The molecule has 1 aromatic heterocycles. The Kier molecular flexibility index (Phi) is 4.75. The van der Waals surface area contributed by atoms with Crippen molar-refractivity contribution in [1.82, 2.24) is 10.3 Å². The maximum absolute atomic E-state index is 5.82. The number of hydrogen-bond acceptors (Lipinski definition) is 4. The van der Waals surface area contributed by atoms with E-state index >= 15 is 0 Å². The first kappa shape index (κ1) is 12.0. The van der Waals surface area contributed by atoms with Gasteiger partial charge in [-0.05, 0) is 37.8 Å². The predicted molar refractivity (Wildman–Crippen MR) is 68.3 cm³/mol. The van der Waals surface area contributed by atoms with Crippen molar-refractivity contribution in [2.45, 2.75) is 32.2 Å². The van der Waals surface area contributed by atoms with Crippen LogP contribution in [0.25, 0.3) is 0 Å². The van der Waals surface area contributed by atoms with Gasteiger partial charge in [0.05, 0.1) is 5.51 Å². The van der Waals surface area contributed by atoms with Gasteiger partial charge in [0, 0.05) is 17.6 Å². The fraction of sp³-hybridized carbons (Fsp3) is 0.750. The molecule has 3 N–H and O–H groups in total. The predicted octanol–water partition coefficient (Wildman–Crippen LogP) is 2.00. The number of thiazole rings is 1. The summed E-state index contributed by atoms with van der Waals surface area (Å²) in [6.45, 7) is 2.92. The molecule has 1 saturated carbocycles. The molecule has 16 heavy (non-hydrogen) atoms. The van der Waals surface area contributed by atoms with Crippen LogP contribution in [0.3, 0.4) is 0 Å². The summed E-state index contributed by atoms with van der Waals surface area (Å²) in [6.07, 6.45) is 7.36. The smallest absolute Gasteiger partial charge is 0.0794 e. The Morgan fingerprint density at radius 3 is 2.88 bits per heavy atom. The summed E-state index contributed by atoms with van der Waals surface area (Å²) in [5.41, 5.74) is 7.71. The first-order valence-corrected chi connectivity index (χ1v) is 7.06. The van der Waals surface area contributed by atoms with Gasteiger partial charge in [-0.2, -0.15) is 0 Å². The van der Waals surface area contributed by atoms with Gasteiger partial charge in [0.1, 0.15) is 0 Å². The number of aromatic nitrogens is 1. The summed E-state index contributed by atoms with van der Waals surface area (Å²) in [5.74, 6) is 1.52. The van der Waals surface area contributed by atoms with Gasteiger partial charge in [0.25, 0.3) is 0 Å². The van der Waals surface area contributed by atoms with Crippen LogP contribution in [-0.4, -0.2) is 18.1 Å². The monoisotopic (exact) mass is 239 g/mol. The van der Waals surface area contributed by atoms with Gasteiger partial charge < -0.3 is 11.1 Å². The minimum absolute atomic E-state index is 0.739. The molecule has 0 amide bonds. The molecule has 0 spiro atoms. The number of nitrogens with zero attached hydrogens (tertiary/aromatic N) is 1. The quantitative estimate of drug-likeness (QED) is 0.826. The van der Waals surface area contributed by atoms with Crippen molar-refractivity contribution in [3.63, 3.8) is 0 Å². The second-order valence-corrected chi connectivity index (χ2v) is 5.61. The fourth-order valence-corrected chi connectivity index (χ4v) is 3.14. The third kappa shape index (κ3) is 3.27. The minimum Gasteiger partial charge on any atom is -0.330 e. The van der Waals surface area contributed by atoms with Gasteiger partial charge >= 0.3 is 0 Å². The first-order chi connectivity index (χ1) is 7.90. The van der Waals surface area contributed by atoms with E-state index in [-0.39, 0.29) is 0 Å². The molecule has 2 unspecified atom stereocenters. The van der Waals surface area contributed by atoms with Crippen molar-refractivity contribution >= 4 is 11.3 Å². The summed E-state index contributed by atoms with van der Waals surface area (Å²) >= 11 is 1.72. The second-order valence-electron chi connectivity index (χ2n) is 4.64. The van der Waals surface area contributed by atoms with Crippen LogP contribution in [0.1, 0.15) is 30.6 Å². The summed E-state index contributed by atoms with van der Waals surface area (Å²) in [7, 11) is 0. The molecule has 0 saturated heterocycles. The Bertz CT molecular complexity index is 286.